The summed E-state index contributed by atoms with van der Waals surface area (Å²) in [5.74, 6) is 1.66. The number of aromatic nitrogens is 3. The molecule has 128 valence electrons. The molecule has 2 atom stereocenters. The first kappa shape index (κ1) is 16.0. The molecule has 0 radical (unpaired) electrons. The molecule has 2 aliphatic rings. The van der Waals surface area contributed by atoms with Gasteiger partial charge in [-0.3, -0.25) is 9.47 Å². The summed E-state index contributed by atoms with van der Waals surface area (Å²) < 4.78 is 10.7. The number of nitrogens with zero attached hydrogens (tertiary/aromatic N) is 4. The highest BCUT2D eigenvalue weighted by Crippen LogP contribution is 2.40. The molecule has 2 aromatic rings. The highest BCUT2D eigenvalue weighted by atomic mass is 32.1. The van der Waals surface area contributed by atoms with E-state index in [4.69, 9.17) is 22.1 Å². The summed E-state index contributed by atoms with van der Waals surface area (Å²) in [6.07, 6.45) is 2.68. The van der Waals surface area contributed by atoms with E-state index in [9.17, 15) is 0 Å². The maximum atomic E-state index is 5.78. The fourth-order valence-electron chi connectivity index (χ4n) is 3.28. The van der Waals surface area contributed by atoms with Crippen molar-refractivity contribution in [1.29, 1.82) is 0 Å². The van der Waals surface area contributed by atoms with Crippen molar-refractivity contribution in [2.45, 2.75) is 51.4 Å². The molecule has 0 N–H and O–H groups in total. The monoisotopic (exact) mass is 344 g/mol. The summed E-state index contributed by atoms with van der Waals surface area (Å²) in [6.45, 7) is 6.73. The van der Waals surface area contributed by atoms with Gasteiger partial charge in [0.05, 0.1) is 19.4 Å². The fraction of sp³-hybridized carbons (Fsp3) is 0.556. The zero-order chi connectivity index (χ0) is 16.7. The fourth-order valence-corrected chi connectivity index (χ4v) is 3.58. The minimum atomic E-state index is 0.259. The molecule has 5 nitrogen and oxygen atoms in total. The molecule has 1 aliphatic carbocycles. The highest BCUT2D eigenvalue weighted by Gasteiger charge is 2.31. The third-order valence-corrected chi connectivity index (χ3v) is 5.27. The first-order chi connectivity index (χ1) is 11.6. The van der Waals surface area contributed by atoms with Crippen LogP contribution in [0.5, 0.6) is 0 Å². The van der Waals surface area contributed by atoms with Crippen LogP contribution in [-0.4, -0.2) is 44.5 Å². The van der Waals surface area contributed by atoms with Crippen LogP contribution in [0.25, 0.3) is 5.69 Å². The summed E-state index contributed by atoms with van der Waals surface area (Å²) in [5.41, 5.74) is 1.11. The van der Waals surface area contributed by atoms with Gasteiger partial charge in [0.15, 0.2) is 0 Å². The van der Waals surface area contributed by atoms with Crippen LogP contribution in [0.1, 0.15) is 38.4 Å². The van der Waals surface area contributed by atoms with Gasteiger partial charge in [0.1, 0.15) is 5.82 Å². The minimum Gasteiger partial charge on any atom is -0.376 e. The average Bonchev–Trinajstić information content (AvgIpc) is 3.37. The minimum absolute atomic E-state index is 0.259. The second-order valence-corrected chi connectivity index (χ2v) is 7.36. The lowest BCUT2D eigenvalue weighted by molar-refractivity contribution is -0.0625. The molecule has 1 saturated carbocycles. The van der Waals surface area contributed by atoms with Gasteiger partial charge in [0.25, 0.3) is 0 Å². The first-order valence-electron chi connectivity index (χ1n) is 8.74. The molecule has 2 heterocycles. The zero-order valence-corrected chi connectivity index (χ0v) is 15.1. The molecule has 0 bridgehead atoms. The van der Waals surface area contributed by atoms with Crippen LogP contribution < -0.4 is 0 Å². The lowest BCUT2D eigenvalue weighted by atomic mass is 10.2. The highest BCUT2D eigenvalue weighted by molar-refractivity contribution is 7.71. The Hall–Kier alpha value is -1.50. The smallest absolute Gasteiger partial charge is 0.203 e. The molecule has 0 unspecified atom stereocenters. The molecule has 24 heavy (non-hydrogen) atoms. The average molecular weight is 344 g/mol. The Bertz CT molecular complexity index is 765. The topological polar surface area (TPSA) is 35.2 Å². The van der Waals surface area contributed by atoms with Crippen LogP contribution in [0.15, 0.2) is 30.3 Å². The Balaban J connectivity index is 1.68. The van der Waals surface area contributed by atoms with Crippen molar-refractivity contribution in [3.05, 3.63) is 40.9 Å². The normalized spacial score (nSPS) is 25.1. The Morgan fingerprint density at radius 2 is 1.96 bits per heavy atom. The van der Waals surface area contributed by atoms with E-state index in [0.717, 1.165) is 36.1 Å². The summed E-state index contributed by atoms with van der Waals surface area (Å²) in [5, 5.41) is 4.89. The van der Waals surface area contributed by atoms with E-state index in [1.165, 1.54) is 12.8 Å². The Morgan fingerprint density at radius 1 is 1.21 bits per heavy atom. The summed E-state index contributed by atoms with van der Waals surface area (Å²) in [4.78, 5) is 2.41. The SMILES string of the molecule is C[C@@H]1CO[C@@H](C)CN1Cn1nc(C2CC2)n(-c2ccccc2)c1=S. The number of rotatable bonds is 4. The van der Waals surface area contributed by atoms with Gasteiger partial charge in [-0.2, -0.15) is 5.10 Å². The van der Waals surface area contributed by atoms with Gasteiger partial charge in [0, 0.05) is 24.2 Å². The maximum Gasteiger partial charge on any atom is 0.203 e. The third kappa shape index (κ3) is 3.06. The van der Waals surface area contributed by atoms with Crippen molar-refractivity contribution < 1.29 is 4.74 Å². The van der Waals surface area contributed by atoms with E-state index in [2.05, 4.69) is 47.6 Å². The largest absolute Gasteiger partial charge is 0.376 e. The van der Waals surface area contributed by atoms with Crippen molar-refractivity contribution in [3.8, 4) is 5.69 Å². The molecule has 0 spiro atoms. The summed E-state index contributed by atoms with van der Waals surface area (Å²) in [7, 11) is 0. The van der Waals surface area contributed by atoms with Crippen LogP contribution in [0.3, 0.4) is 0 Å². The van der Waals surface area contributed by atoms with Gasteiger partial charge >= 0.3 is 0 Å². The standard InChI is InChI=1S/C18H24N4OS/c1-13-11-23-14(2)10-20(13)12-21-18(24)22(16-6-4-3-5-7-16)17(19-21)15-8-9-15/h3-7,13-15H,8-12H2,1-2H3/t13-,14+/m1/s1. The molecule has 1 aliphatic heterocycles. The zero-order valence-electron chi connectivity index (χ0n) is 14.3. The number of hydrogen-bond acceptors (Lipinski definition) is 4. The van der Waals surface area contributed by atoms with Crippen LogP contribution >= 0.6 is 12.2 Å². The van der Waals surface area contributed by atoms with Crippen molar-refractivity contribution in [1.82, 2.24) is 19.2 Å². The number of morpholine rings is 1. The van der Waals surface area contributed by atoms with Crippen molar-refractivity contribution in [3.63, 3.8) is 0 Å². The van der Waals surface area contributed by atoms with Gasteiger partial charge < -0.3 is 4.74 Å². The van der Waals surface area contributed by atoms with E-state index in [1.807, 2.05) is 10.7 Å². The molecule has 2 fully saturated rings. The van der Waals surface area contributed by atoms with Gasteiger partial charge in [-0.05, 0) is 51.0 Å². The summed E-state index contributed by atoms with van der Waals surface area (Å²) >= 11 is 5.78. The Labute approximate surface area is 147 Å². The van der Waals surface area contributed by atoms with Crippen LogP contribution in [0.2, 0.25) is 0 Å². The van der Waals surface area contributed by atoms with E-state index < -0.39 is 0 Å². The molecular weight excluding hydrogens is 320 g/mol. The van der Waals surface area contributed by atoms with E-state index in [0.29, 0.717) is 12.0 Å². The number of hydrogen-bond donors (Lipinski definition) is 0. The van der Waals surface area contributed by atoms with Crippen LogP contribution in [0, 0.1) is 4.77 Å². The summed E-state index contributed by atoms with van der Waals surface area (Å²) in [6, 6.07) is 10.7. The van der Waals surface area contributed by atoms with Gasteiger partial charge in [0.2, 0.25) is 4.77 Å². The van der Waals surface area contributed by atoms with Crippen LogP contribution in [0.4, 0.5) is 0 Å². The van der Waals surface area contributed by atoms with E-state index >= 15 is 0 Å². The Morgan fingerprint density at radius 3 is 2.67 bits per heavy atom. The van der Waals surface area contributed by atoms with E-state index in [1.54, 1.807) is 0 Å². The Kier molecular flexibility index (Phi) is 4.28. The lowest BCUT2D eigenvalue weighted by Gasteiger charge is -2.36. The van der Waals surface area contributed by atoms with Crippen molar-refractivity contribution >= 4 is 12.2 Å². The molecular formula is C18H24N4OS. The molecule has 1 saturated heterocycles. The van der Waals surface area contributed by atoms with Gasteiger partial charge in [-0.15, -0.1) is 0 Å². The van der Waals surface area contributed by atoms with Crippen molar-refractivity contribution in [2.24, 2.45) is 0 Å². The molecule has 4 rings (SSSR count). The number of ether oxygens (including phenoxy) is 1. The number of benzene rings is 1. The first-order valence-corrected chi connectivity index (χ1v) is 9.15. The van der Waals surface area contributed by atoms with Gasteiger partial charge in [-0.1, -0.05) is 18.2 Å². The second-order valence-electron chi connectivity index (χ2n) is 6.99. The molecule has 0 amide bonds. The quantitative estimate of drug-likeness (QED) is 0.797. The molecule has 1 aromatic carbocycles. The lowest BCUT2D eigenvalue weighted by Crippen LogP contribution is -2.47. The predicted octanol–water partition coefficient (Wildman–Crippen LogP) is 3.35. The number of para-hydroxylation sites is 1. The molecule has 6 heteroatoms. The second kappa shape index (κ2) is 6.43. The van der Waals surface area contributed by atoms with E-state index in [-0.39, 0.29) is 6.10 Å². The predicted molar refractivity (Wildman–Crippen MR) is 95.9 cm³/mol. The van der Waals surface area contributed by atoms with Crippen molar-refractivity contribution in [2.75, 3.05) is 13.2 Å². The molecule has 1 aromatic heterocycles. The third-order valence-electron chi connectivity index (χ3n) is 4.87. The van der Waals surface area contributed by atoms with Gasteiger partial charge in [-0.25, -0.2) is 4.68 Å². The maximum absolute atomic E-state index is 5.78. The van der Waals surface area contributed by atoms with Crippen LogP contribution in [-0.2, 0) is 11.4 Å².